The summed E-state index contributed by atoms with van der Waals surface area (Å²) < 4.78 is 5.80. The van der Waals surface area contributed by atoms with Gasteiger partial charge in [-0.05, 0) is 19.9 Å². The van der Waals surface area contributed by atoms with Gasteiger partial charge in [-0.25, -0.2) is 0 Å². The number of likely N-dealkylation sites (N-methyl/N-ethyl adjacent to an activating group) is 1. The van der Waals surface area contributed by atoms with Crippen molar-refractivity contribution in [1.29, 1.82) is 5.26 Å². The minimum atomic E-state index is 0.274. The molecule has 0 N–H and O–H groups in total. The van der Waals surface area contributed by atoms with Crippen LogP contribution in [0.1, 0.15) is 19.4 Å². The highest BCUT2D eigenvalue weighted by atomic mass is 16.5. The Morgan fingerprint density at radius 2 is 2.00 bits per heavy atom. The molecule has 1 aliphatic heterocycles. The SMILES string of the molecule is C[C@@H]1CN(CCN(C)c2c(C#N)cnc3ccccc23)C[C@H](C)O1. The fourth-order valence-corrected chi connectivity index (χ4v) is 3.49. The number of fused-ring (bicyclic) bond motifs is 1. The van der Waals surface area contributed by atoms with Gasteiger partial charge in [0, 0.05) is 44.8 Å². The summed E-state index contributed by atoms with van der Waals surface area (Å²) in [4.78, 5) is 9.00. The molecule has 1 fully saturated rings. The molecule has 1 aromatic heterocycles. The number of benzene rings is 1. The number of pyridine rings is 1. The lowest BCUT2D eigenvalue weighted by atomic mass is 10.1. The maximum atomic E-state index is 9.47. The number of rotatable bonds is 4. The zero-order valence-electron chi connectivity index (χ0n) is 14.6. The van der Waals surface area contributed by atoms with Crippen LogP contribution < -0.4 is 4.90 Å². The third-order valence-electron chi connectivity index (χ3n) is 4.50. The highest BCUT2D eigenvalue weighted by Gasteiger charge is 2.22. The van der Waals surface area contributed by atoms with Crippen molar-refractivity contribution >= 4 is 16.6 Å². The first-order chi connectivity index (χ1) is 11.6. The van der Waals surface area contributed by atoms with E-state index in [0.29, 0.717) is 5.56 Å². The topological polar surface area (TPSA) is 52.4 Å². The molecule has 0 bridgehead atoms. The predicted octanol–water partition coefficient (Wildman–Crippen LogP) is 2.65. The summed E-state index contributed by atoms with van der Waals surface area (Å²) in [6, 6.07) is 10.3. The van der Waals surface area contributed by atoms with Crippen LogP contribution in [0.25, 0.3) is 10.9 Å². The number of aromatic nitrogens is 1. The second-order valence-electron chi connectivity index (χ2n) is 6.59. The van der Waals surface area contributed by atoms with Crippen molar-refractivity contribution in [2.75, 3.05) is 38.1 Å². The molecule has 2 aromatic rings. The molecule has 0 aliphatic carbocycles. The third-order valence-corrected chi connectivity index (χ3v) is 4.50. The lowest BCUT2D eigenvalue weighted by Crippen LogP contribution is -2.47. The predicted molar refractivity (Wildman–Crippen MR) is 96.2 cm³/mol. The fourth-order valence-electron chi connectivity index (χ4n) is 3.49. The van der Waals surface area contributed by atoms with E-state index in [-0.39, 0.29) is 12.2 Å². The van der Waals surface area contributed by atoms with Crippen LogP contribution >= 0.6 is 0 Å². The summed E-state index contributed by atoms with van der Waals surface area (Å²) in [7, 11) is 2.05. The molecule has 0 radical (unpaired) electrons. The molecule has 1 aromatic carbocycles. The van der Waals surface area contributed by atoms with E-state index in [2.05, 4.69) is 41.7 Å². The average molecular weight is 324 g/mol. The lowest BCUT2D eigenvalue weighted by Gasteiger charge is -2.36. The molecule has 1 aliphatic rings. The minimum absolute atomic E-state index is 0.274. The summed E-state index contributed by atoms with van der Waals surface area (Å²) in [6.45, 7) is 7.98. The van der Waals surface area contributed by atoms with Crippen LogP contribution in [-0.4, -0.2) is 55.3 Å². The standard InChI is InChI=1S/C19H24N4O/c1-14-12-23(13-15(2)24-14)9-8-22(3)19-16(10-20)11-21-18-7-5-4-6-17(18)19/h4-7,11,14-15H,8-9,12-13H2,1-3H3/t14-,15+. The van der Waals surface area contributed by atoms with Gasteiger partial charge in [-0.1, -0.05) is 18.2 Å². The van der Waals surface area contributed by atoms with Crippen molar-refractivity contribution in [3.63, 3.8) is 0 Å². The molecule has 0 spiro atoms. The Bertz CT molecular complexity index is 745. The number of morpholine rings is 1. The van der Waals surface area contributed by atoms with Crippen molar-refractivity contribution in [2.45, 2.75) is 26.1 Å². The van der Waals surface area contributed by atoms with E-state index in [1.54, 1.807) is 6.20 Å². The number of hydrogen-bond donors (Lipinski definition) is 0. The Labute approximate surface area is 143 Å². The van der Waals surface area contributed by atoms with Gasteiger partial charge < -0.3 is 9.64 Å². The molecule has 0 saturated carbocycles. The first-order valence-electron chi connectivity index (χ1n) is 8.45. The highest BCUT2D eigenvalue weighted by molar-refractivity contribution is 5.94. The second-order valence-corrected chi connectivity index (χ2v) is 6.59. The summed E-state index contributed by atoms with van der Waals surface area (Å²) >= 11 is 0. The van der Waals surface area contributed by atoms with Crippen LogP contribution in [0.4, 0.5) is 5.69 Å². The van der Waals surface area contributed by atoms with E-state index in [0.717, 1.165) is 42.8 Å². The Hall–Kier alpha value is -2.16. The number of hydrogen-bond acceptors (Lipinski definition) is 5. The Morgan fingerprint density at radius 3 is 2.71 bits per heavy atom. The molecule has 2 heterocycles. The highest BCUT2D eigenvalue weighted by Crippen LogP contribution is 2.28. The monoisotopic (exact) mass is 324 g/mol. The molecule has 5 nitrogen and oxygen atoms in total. The summed E-state index contributed by atoms with van der Waals surface area (Å²) in [6.07, 6.45) is 2.22. The van der Waals surface area contributed by atoms with Crippen molar-refractivity contribution in [3.8, 4) is 6.07 Å². The van der Waals surface area contributed by atoms with Crippen molar-refractivity contribution in [2.24, 2.45) is 0 Å². The fraction of sp³-hybridized carbons (Fsp3) is 0.474. The van der Waals surface area contributed by atoms with Gasteiger partial charge in [0.1, 0.15) is 6.07 Å². The quantitative estimate of drug-likeness (QED) is 0.865. The van der Waals surface area contributed by atoms with Crippen LogP contribution in [0.2, 0.25) is 0 Å². The largest absolute Gasteiger partial charge is 0.373 e. The Morgan fingerprint density at radius 1 is 1.29 bits per heavy atom. The maximum Gasteiger partial charge on any atom is 0.103 e. The van der Waals surface area contributed by atoms with Gasteiger partial charge in [-0.3, -0.25) is 9.88 Å². The van der Waals surface area contributed by atoms with Gasteiger partial charge in [0.25, 0.3) is 0 Å². The summed E-state index contributed by atoms with van der Waals surface area (Å²) in [5.41, 5.74) is 2.52. The van der Waals surface area contributed by atoms with Gasteiger partial charge in [0.05, 0.1) is 29.0 Å². The van der Waals surface area contributed by atoms with Gasteiger partial charge in [0.15, 0.2) is 0 Å². The summed E-state index contributed by atoms with van der Waals surface area (Å²) in [5, 5.41) is 10.5. The number of ether oxygens (including phenoxy) is 1. The maximum absolute atomic E-state index is 9.47. The first-order valence-corrected chi connectivity index (χ1v) is 8.45. The van der Waals surface area contributed by atoms with Gasteiger partial charge in [-0.15, -0.1) is 0 Å². The average Bonchev–Trinajstić information content (AvgIpc) is 2.57. The second kappa shape index (κ2) is 7.16. The number of nitrogens with zero attached hydrogens (tertiary/aromatic N) is 4. The zero-order chi connectivity index (χ0) is 17.1. The summed E-state index contributed by atoms with van der Waals surface area (Å²) in [5.74, 6) is 0. The third kappa shape index (κ3) is 3.50. The smallest absolute Gasteiger partial charge is 0.103 e. The van der Waals surface area contributed by atoms with E-state index >= 15 is 0 Å². The molecular weight excluding hydrogens is 300 g/mol. The number of nitriles is 1. The zero-order valence-corrected chi connectivity index (χ0v) is 14.6. The van der Waals surface area contributed by atoms with Crippen LogP contribution in [0, 0.1) is 11.3 Å². The van der Waals surface area contributed by atoms with E-state index < -0.39 is 0 Å². The van der Waals surface area contributed by atoms with Crippen LogP contribution in [0.3, 0.4) is 0 Å². The van der Waals surface area contributed by atoms with Crippen molar-refractivity contribution < 1.29 is 4.74 Å². The Balaban J connectivity index is 1.79. The number of para-hydroxylation sites is 1. The molecule has 0 unspecified atom stereocenters. The molecular formula is C19H24N4O. The van der Waals surface area contributed by atoms with E-state index in [9.17, 15) is 5.26 Å². The molecule has 5 heteroatoms. The van der Waals surface area contributed by atoms with E-state index in [1.807, 2.05) is 24.3 Å². The molecule has 3 rings (SSSR count). The Kier molecular flexibility index (Phi) is 4.98. The molecule has 24 heavy (non-hydrogen) atoms. The van der Waals surface area contributed by atoms with Crippen LogP contribution in [0.15, 0.2) is 30.5 Å². The molecule has 0 amide bonds. The molecule has 126 valence electrons. The van der Waals surface area contributed by atoms with Crippen LogP contribution in [-0.2, 0) is 4.74 Å². The lowest BCUT2D eigenvalue weighted by molar-refractivity contribution is -0.0670. The minimum Gasteiger partial charge on any atom is -0.373 e. The van der Waals surface area contributed by atoms with E-state index in [1.165, 1.54) is 0 Å². The number of anilines is 1. The van der Waals surface area contributed by atoms with Crippen LogP contribution in [0.5, 0.6) is 0 Å². The van der Waals surface area contributed by atoms with Crippen molar-refractivity contribution in [1.82, 2.24) is 9.88 Å². The molecule has 1 saturated heterocycles. The van der Waals surface area contributed by atoms with Gasteiger partial charge in [0.2, 0.25) is 0 Å². The van der Waals surface area contributed by atoms with Crippen molar-refractivity contribution in [3.05, 3.63) is 36.0 Å². The normalized spacial score (nSPS) is 21.6. The first kappa shape index (κ1) is 16.7. The van der Waals surface area contributed by atoms with Gasteiger partial charge >= 0.3 is 0 Å². The molecule has 2 atom stereocenters. The van der Waals surface area contributed by atoms with Gasteiger partial charge in [-0.2, -0.15) is 5.26 Å². The van der Waals surface area contributed by atoms with E-state index in [4.69, 9.17) is 4.74 Å².